The molecule has 2 rings (SSSR count). The van der Waals surface area contributed by atoms with Crippen LogP contribution >= 0.6 is 23.2 Å². The molecule has 3 nitrogen and oxygen atoms in total. The van der Waals surface area contributed by atoms with Crippen molar-refractivity contribution in [2.75, 3.05) is 5.88 Å². The van der Waals surface area contributed by atoms with Gasteiger partial charge >= 0.3 is 0 Å². The number of nitrogens with zero attached hydrogens (tertiary/aromatic N) is 1. The molecule has 0 aliphatic carbocycles. The maximum atomic E-state index is 13.8. The van der Waals surface area contributed by atoms with Crippen molar-refractivity contribution in [2.45, 2.75) is 6.92 Å². The number of aromatic nitrogens is 1. The second kappa shape index (κ2) is 5.08. The maximum absolute atomic E-state index is 13.8. The number of alkyl halides is 1. The highest BCUT2D eigenvalue weighted by Crippen LogP contribution is 2.33. The summed E-state index contributed by atoms with van der Waals surface area (Å²) in [6.45, 7) is 1.56. The Hall–Kier alpha value is -1.39. The molecular weight excluding hydrogens is 280 g/mol. The molecule has 0 radical (unpaired) electrons. The highest BCUT2D eigenvalue weighted by molar-refractivity contribution is 6.34. The van der Waals surface area contributed by atoms with E-state index in [-0.39, 0.29) is 39.3 Å². The van der Waals surface area contributed by atoms with Crippen LogP contribution in [-0.2, 0) is 0 Å². The average Bonchev–Trinajstić information content (AvgIpc) is 2.70. The van der Waals surface area contributed by atoms with Gasteiger partial charge in [-0.25, -0.2) is 4.39 Å². The van der Waals surface area contributed by atoms with Crippen LogP contribution in [0.15, 0.2) is 22.7 Å². The summed E-state index contributed by atoms with van der Waals surface area (Å²) in [6, 6.07) is 4.22. The Morgan fingerprint density at radius 2 is 2.22 bits per heavy atom. The Morgan fingerprint density at radius 3 is 2.83 bits per heavy atom. The Balaban J connectivity index is 2.69. The molecule has 1 heterocycles. The van der Waals surface area contributed by atoms with Crippen LogP contribution in [0.25, 0.3) is 11.3 Å². The Kier molecular flexibility index (Phi) is 3.68. The quantitative estimate of drug-likeness (QED) is 0.636. The van der Waals surface area contributed by atoms with Gasteiger partial charge in [0.1, 0.15) is 17.3 Å². The van der Waals surface area contributed by atoms with Crippen LogP contribution in [0.2, 0.25) is 5.02 Å². The first-order valence-electron chi connectivity index (χ1n) is 5.06. The summed E-state index contributed by atoms with van der Waals surface area (Å²) in [5, 5.41) is 3.86. The van der Waals surface area contributed by atoms with Crippen molar-refractivity contribution in [3.8, 4) is 11.3 Å². The van der Waals surface area contributed by atoms with Gasteiger partial charge in [0.05, 0.1) is 22.0 Å². The SMILES string of the molecule is Cc1onc(-c2c(F)cccc2Cl)c1C(=O)CCl. The van der Waals surface area contributed by atoms with Crippen LogP contribution in [0.3, 0.4) is 0 Å². The van der Waals surface area contributed by atoms with Crippen LogP contribution in [-0.4, -0.2) is 16.8 Å². The highest BCUT2D eigenvalue weighted by Gasteiger charge is 2.24. The number of ketones is 1. The molecule has 1 aromatic carbocycles. The summed E-state index contributed by atoms with van der Waals surface area (Å²) in [4.78, 5) is 11.7. The number of carbonyl (C=O) groups is 1. The van der Waals surface area contributed by atoms with Gasteiger partial charge in [0.15, 0.2) is 5.78 Å². The molecule has 0 atom stereocenters. The number of aryl methyl sites for hydroxylation is 1. The van der Waals surface area contributed by atoms with Crippen LogP contribution in [0.1, 0.15) is 16.1 Å². The molecule has 0 spiro atoms. The first-order chi connectivity index (χ1) is 8.56. The topological polar surface area (TPSA) is 43.1 Å². The first-order valence-corrected chi connectivity index (χ1v) is 5.97. The Bertz CT molecular complexity index is 590. The van der Waals surface area contributed by atoms with Crippen molar-refractivity contribution in [1.82, 2.24) is 5.16 Å². The normalized spacial score (nSPS) is 10.7. The zero-order valence-corrected chi connectivity index (χ0v) is 10.8. The molecule has 2 aromatic rings. The molecule has 0 N–H and O–H groups in total. The van der Waals surface area contributed by atoms with E-state index in [0.29, 0.717) is 0 Å². The third kappa shape index (κ3) is 2.13. The number of Topliss-reactive ketones (excluding diaryl/α,β-unsaturated/α-hetero) is 1. The van der Waals surface area contributed by atoms with Crippen LogP contribution in [0.4, 0.5) is 4.39 Å². The minimum absolute atomic E-state index is 0.0458. The summed E-state index contributed by atoms with van der Waals surface area (Å²) < 4.78 is 18.7. The second-order valence-corrected chi connectivity index (χ2v) is 4.29. The van der Waals surface area contributed by atoms with Crippen molar-refractivity contribution in [1.29, 1.82) is 0 Å². The molecule has 0 aliphatic heterocycles. The predicted octanol–water partition coefficient (Wildman–Crippen LogP) is 3.86. The summed E-state index contributed by atoms with van der Waals surface area (Å²) in [7, 11) is 0. The van der Waals surface area contributed by atoms with E-state index in [0.717, 1.165) is 0 Å². The molecule has 94 valence electrons. The van der Waals surface area contributed by atoms with E-state index in [9.17, 15) is 9.18 Å². The molecule has 0 unspecified atom stereocenters. The van der Waals surface area contributed by atoms with E-state index in [4.69, 9.17) is 27.7 Å². The van der Waals surface area contributed by atoms with Crippen molar-refractivity contribution < 1.29 is 13.7 Å². The third-order valence-electron chi connectivity index (χ3n) is 2.46. The van der Waals surface area contributed by atoms with Gasteiger partial charge in [-0.1, -0.05) is 22.8 Å². The number of rotatable bonds is 3. The van der Waals surface area contributed by atoms with E-state index >= 15 is 0 Å². The van der Waals surface area contributed by atoms with Crippen molar-refractivity contribution in [2.24, 2.45) is 0 Å². The minimum Gasteiger partial charge on any atom is -0.360 e. The van der Waals surface area contributed by atoms with Gasteiger partial charge in [0.25, 0.3) is 0 Å². The molecular formula is C12H8Cl2FNO2. The number of carbonyl (C=O) groups excluding carboxylic acids is 1. The predicted molar refractivity (Wildman–Crippen MR) is 66.7 cm³/mol. The van der Waals surface area contributed by atoms with E-state index in [1.165, 1.54) is 18.2 Å². The molecule has 0 aliphatic rings. The molecule has 0 bridgehead atoms. The number of benzene rings is 1. The number of hydrogen-bond acceptors (Lipinski definition) is 3. The largest absolute Gasteiger partial charge is 0.360 e. The summed E-state index contributed by atoms with van der Waals surface area (Å²) in [6.07, 6.45) is 0. The average molecular weight is 288 g/mol. The molecule has 18 heavy (non-hydrogen) atoms. The standard InChI is InChI=1S/C12H8Cl2FNO2/c1-6-10(9(17)5-13)12(16-18-6)11-7(14)3-2-4-8(11)15/h2-4H,5H2,1H3. The number of hydrogen-bond donors (Lipinski definition) is 0. The molecule has 1 aromatic heterocycles. The highest BCUT2D eigenvalue weighted by atomic mass is 35.5. The van der Waals surface area contributed by atoms with Crippen LogP contribution in [0.5, 0.6) is 0 Å². The monoisotopic (exact) mass is 287 g/mol. The number of halogens is 3. The van der Waals surface area contributed by atoms with Gasteiger partial charge in [-0.15, -0.1) is 11.6 Å². The first kappa shape index (κ1) is 13.1. The zero-order valence-electron chi connectivity index (χ0n) is 9.34. The van der Waals surface area contributed by atoms with Gasteiger partial charge in [-0.05, 0) is 19.1 Å². The van der Waals surface area contributed by atoms with Crippen LogP contribution in [0, 0.1) is 12.7 Å². The molecule has 0 saturated heterocycles. The lowest BCUT2D eigenvalue weighted by Gasteiger charge is -2.03. The maximum Gasteiger partial charge on any atom is 0.183 e. The Labute approximate surface area is 112 Å². The summed E-state index contributed by atoms with van der Waals surface area (Å²) >= 11 is 11.4. The Morgan fingerprint density at radius 1 is 1.50 bits per heavy atom. The van der Waals surface area contributed by atoms with Crippen molar-refractivity contribution in [3.05, 3.63) is 40.4 Å². The minimum atomic E-state index is -0.570. The van der Waals surface area contributed by atoms with Crippen molar-refractivity contribution >= 4 is 29.0 Å². The van der Waals surface area contributed by atoms with E-state index in [1.54, 1.807) is 6.92 Å². The van der Waals surface area contributed by atoms with Crippen LogP contribution < -0.4 is 0 Å². The van der Waals surface area contributed by atoms with Gasteiger partial charge in [0.2, 0.25) is 0 Å². The van der Waals surface area contributed by atoms with Gasteiger partial charge in [0, 0.05) is 0 Å². The fraction of sp³-hybridized carbons (Fsp3) is 0.167. The van der Waals surface area contributed by atoms with E-state index in [1.807, 2.05) is 0 Å². The molecule has 0 amide bonds. The van der Waals surface area contributed by atoms with Gasteiger partial charge in [-0.2, -0.15) is 0 Å². The third-order valence-corrected chi connectivity index (χ3v) is 3.02. The van der Waals surface area contributed by atoms with Gasteiger partial charge < -0.3 is 4.52 Å². The van der Waals surface area contributed by atoms with E-state index in [2.05, 4.69) is 5.16 Å². The zero-order chi connectivity index (χ0) is 13.3. The second-order valence-electron chi connectivity index (χ2n) is 3.62. The molecule has 0 saturated carbocycles. The van der Waals surface area contributed by atoms with E-state index < -0.39 is 5.82 Å². The lowest BCUT2D eigenvalue weighted by molar-refractivity contribution is 0.102. The lowest BCUT2D eigenvalue weighted by Crippen LogP contribution is -2.03. The fourth-order valence-corrected chi connectivity index (χ4v) is 2.05. The molecule has 0 fully saturated rings. The smallest absolute Gasteiger partial charge is 0.183 e. The molecule has 6 heteroatoms. The lowest BCUT2D eigenvalue weighted by atomic mass is 10.0. The van der Waals surface area contributed by atoms with Crippen molar-refractivity contribution in [3.63, 3.8) is 0 Å². The van der Waals surface area contributed by atoms with Gasteiger partial charge in [-0.3, -0.25) is 4.79 Å². The summed E-state index contributed by atoms with van der Waals surface area (Å²) in [5.41, 5.74) is 0.294. The fourth-order valence-electron chi connectivity index (χ4n) is 1.66. The summed E-state index contributed by atoms with van der Waals surface area (Å²) in [5.74, 6) is -0.902.